The molecule has 0 aromatic heterocycles. The van der Waals surface area contributed by atoms with Gasteiger partial charge in [0.05, 0.1) is 13.7 Å². The van der Waals surface area contributed by atoms with E-state index in [1.165, 1.54) is 5.56 Å². The quantitative estimate of drug-likeness (QED) is 0.605. The summed E-state index contributed by atoms with van der Waals surface area (Å²) in [5.74, 6) is 6.82. The molecule has 0 amide bonds. The molecule has 3 heteroatoms. The van der Waals surface area contributed by atoms with E-state index in [9.17, 15) is 0 Å². The van der Waals surface area contributed by atoms with Crippen LogP contribution in [-0.2, 0) is 11.3 Å². The van der Waals surface area contributed by atoms with Crippen LogP contribution < -0.4 is 10.1 Å². The summed E-state index contributed by atoms with van der Waals surface area (Å²) in [5.41, 5.74) is 2.31. The summed E-state index contributed by atoms with van der Waals surface area (Å²) >= 11 is 0. The van der Waals surface area contributed by atoms with Gasteiger partial charge in [-0.05, 0) is 31.5 Å². The number of nitrogens with one attached hydrogen (secondary N) is 1. The van der Waals surface area contributed by atoms with Gasteiger partial charge in [-0.2, -0.15) is 0 Å². The third-order valence-corrected chi connectivity index (χ3v) is 2.98. The van der Waals surface area contributed by atoms with Crippen molar-refractivity contribution in [3.05, 3.63) is 29.3 Å². The topological polar surface area (TPSA) is 30.5 Å². The van der Waals surface area contributed by atoms with E-state index in [4.69, 9.17) is 9.47 Å². The van der Waals surface area contributed by atoms with Crippen molar-refractivity contribution in [3.63, 3.8) is 0 Å². The predicted molar refractivity (Wildman–Crippen MR) is 78.2 cm³/mol. The summed E-state index contributed by atoms with van der Waals surface area (Å²) in [5, 5.41) is 3.46. The van der Waals surface area contributed by atoms with Crippen LogP contribution >= 0.6 is 0 Å². The van der Waals surface area contributed by atoms with E-state index in [-0.39, 0.29) is 0 Å². The Morgan fingerprint density at radius 1 is 1.32 bits per heavy atom. The van der Waals surface area contributed by atoms with Crippen LogP contribution in [0.15, 0.2) is 18.2 Å². The van der Waals surface area contributed by atoms with Gasteiger partial charge in [0, 0.05) is 31.7 Å². The molecule has 1 atom stereocenters. The van der Waals surface area contributed by atoms with Gasteiger partial charge in [0.15, 0.2) is 0 Å². The first kappa shape index (κ1) is 15.6. The molecule has 0 saturated heterocycles. The minimum atomic E-state index is 0.292. The van der Waals surface area contributed by atoms with Crippen molar-refractivity contribution in [3.8, 4) is 17.6 Å². The van der Waals surface area contributed by atoms with Crippen molar-refractivity contribution < 1.29 is 9.47 Å². The highest BCUT2D eigenvalue weighted by Gasteiger charge is 2.09. The van der Waals surface area contributed by atoms with Gasteiger partial charge in [-0.15, -0.1) is 11.8 Å². The lowest BCUT2D eigenvalue weighted by Crippen LogP contribution is -2.19. The lowest BCUT2D eigenvalue weighted by atomic mass is 10.0. The summed E-state index contributed by atoms with van der Waals surface area (Å²) in [6.07, 6.45) is 0.877. The average molecular weight is 261 g/mol. The molecule has 0 saturated carbocycles. The molecule has 1 N–H and O–H groups in total. The van der Waals surface area contributed by atoms with E-state index >= 15 is 0 Å². The van der Waals surface area contributed by atoms with Gasteiger partial charge in [-0.1, -0.05) is 6.07 Å². The molecular formula is C16H23NO2. The molecule has 0 bridgehead atoms. The fourth-order valence-corrected chi connectivity index (χ4v) is 1.93. The number of benzene rings is 1. The third kappa shape index (κ3) is 4.94. The van der Waals surface area contributed by atoms with Gasteiger partial charge < -0.3 is 14.8 Å². The summed E-state index contributed by atoms with van der Waals surface area (Å²) in [4.78, 5) is 0. The number of hydrogen-bond acceptors (Lipinski definition) is 3. The molecule has 0 aliphatic carbocycles. The number of rotatable bonds is 7. The number of hydrogen-bond donors (Lipinski definition) is 1. The molecule has 0 aliphatic heterocycles. The van der Waals surface area contributed by atoms with E-state index in [0.717, 1.165) is 24.3 Å². The molecule has 0 aliphatic rings. The maximum Gasteiger partial charge on any atom is 0.124 e. The lowest BCUT2D eigenvalue weighted by Gasteiger charge is -2.16. The molecule has 1 rings (SSSR count). The second-order valence-electron chi connectivity index (χ2n) is 4.36. The maximum atomic E-state index is 5.33. The molecule has 1 unspecified atom stereocenters. The zero-order valence-electron chi connectivity index (χ0n) is 12.2. The molecule has 104 valence electrons. The zero-order chi connectivity index (χ0) is 14.1. The monoisotopic (exact) mass is 261 g/mol. The van der Waals surface area contributed by atoms with Gasteiger partial charge in [-0.25, -0.2) is 0 Å². The van der Waals surface area contributed by atoms with Crippen LogP contribution in [0, 0.1) is 11.8 Å². The van der Waals surface area contributed by atoms with Crippen molar-refractivity contribution in [1.82, 2.24) is 5.32 Å². The maximum absolute atomic E-state index is 5.33. The van der Waals surface area contributed by atoms with Crippen LogP contribution in [0.25, 0.3) is 0 Å². The smallest absolute Gasteiger partial charge is 0.124 e. The third-order valence-electron chi connectivity index (χ3n) is 2.98. The second-order valence-corrected chi connectivity index (χ2v) is 4.36. The molecule has 0 fully saturated rings. The van der Waals surface area contributed by atoms with E-state index < -0.39 is 0 Å². The normalized spacial score (nSPS) is 11.6. The fraction of sp³-hybridized carbons (Fsp3) is 0.500. The van der Waals surface area contributed by atoms with Crippen molar-refractivity contribution >= 4 is 0 Å². The van der Waals surface area contributed by atoms with Gasteiger partial charge in [0.2, 0.25) is 0 Å². The van der Waals surface area contributed by atoms with Crippen molar-refractivity contribution in [2.24, 2.45) is 0 Å². The van der Waals surface area contributed by atoms with E-state index in [1.807, 2.05) is 13.0 Å². The molecule has 1 aromatic rings. The Morgan fingerprint density at radius 3 is 2.74 bits per heavy atom. The SMILES string of the molecule is CC#CCCNC(C)c1ccc(OC)c(COC)c1. The highest BCUT2D eigenvalue weighted by Crippen LogP contribution is 2.23. The van der Waals surface area contributed by atoms with Gasteiger partial charge in [0.1, 0.15) is 5.75 Å². The summed E-state index contributed by atoms with van der Waals surface area (Å²) < 4.78 is 10.5. The standard InChI is InChI=1S/C16H23NO2/c1-5-6-7-10-17-13(2)14-8-9-16(19-4)15(11-14)12-18-3/h8-9,11,13,17H,7,10,12H2,1-4H3. The molecule has 0 spiro atoms. The Balaban J connectivity index is 2.70. The second kappa shape index (κ2) is 8.58. The summed E-state index contributed by atoms with van der Waals surface area (Å²) in [6.45, 7) is 5.47. The molecule has 0 heterocycles. The Hall–Kier alpha value is -1.50. The number of methoxy groups -OCH3 is 2. The van der Waals surface area contributed by atoms with Gasteiger partial charge in [0.25, 0.3) is 0 Å². The van der Waals surface area contributed by atoms with Crippen LogP contribution in [0.1, 0.15) is 37.4 Å². The first-order chi connectivity index (χ1) is 9.22. The largest absolute Gasteiger partial charge is 0.496 e. The van der Waals surface area contributed by atoms with Crippen molar-refractivity contribution in [2.75, 3.05) is 20.8 Å². The van der Waals surface area contributed by atoms with Crippen molar-refractivity contribution in [2.45, 2.75) is 32.9 Å². The highest BCUT2D eigenvalue weighted by atomic mass is 16.5. The predicted octanol–water partition coefficient (Wildman–Crippen LogP) is 2.91. The Bertz CT molecular complexity index is 446. The Kier molecular flexibility index (Phi) is 7.02. The minimum absolute atomic E-state index is 0.292. The zero-order valence-corrected chi connectivity index (χ0v) is 12.2. The molecular weight excluding hydrogens is 238 g/mol. The first-order valence-corrected chi connectivity index (χ1v) is 6.51. The van der Waals surface area contributed by atoms with E-state index in [0.29, 0.717) is 12.6 Å². The molecule has 19 heavy (non-hydrogen) atoms. The van der Waals surface area contributed by atoms with E-state index in [2.05, 4.69) is 36.2 Å². The molecule has 0 radical (unpaired) electrons. The van der Waals surface area contributed by atoms with Crippen molar-refractivity contribution in [1.29, 1.82) is 0 Å². The first-order valence-electron chi connectivity index (χ1n) is 6.51. The van der Waals surface area contributed by atoms with Crippen LogP contribution in [0.4, 0.5) is 0 Å². The van der Waals surface area contributed by atoms with Crippen LogP contribution in [0.2, 0.25) is 0 Å². The van der Waals surface area contributed by atoms with Gasteiger partial charge >= 0.3 is 0 Å². The minimum Gasteiger partial charge on any atom is -0.496 e. The molecule has 1 aromatic carbocycles. The lowest BCUT2D eigenvalue weighted by molar-refractivity contribution is 0.181. The molecule has 3 nitrogen and oxygen atoms in total. The van der Waals surface area contributed by atoms with Gasteiger partial charge in [-0.3, -0.25) is 0 Å². The van der Waals surface area contributed by atoms with E-state index in [1.54, 1.807) is 14.2 Å². The highest BCUT2D eigenvalue weighted by molar-refractivity contribution is 5.38. The Labute approximate surface area is 116 Å². The summed E-state index contributed by atoms with van der Waals surface area (Å²) in [6, 6.07) is 6.50. The fourth-order valence-electron chi connectivity index (χ4n) is 1.93. The average Bonchev–Trinajstić information content (AvgIpc) is 2.43. The summed E-state index contributed by atoms with van der Waals surface area (Å²) in [7, 11) is 3.37. The Morgan fingerprint density at radius 2 is 2.11 bits per heavy atom. The van der Waals surface area contributed by atoms with Crippen LogP contribution in [0.5, 0.6) is 5.75 Å². The van der Waals surface area contributed by atoms with Crippen LogP contribution in [0.3, 0.4) is 0 Å². The number of ether oxygens (including phenoxy) is 2. The van der Waals surface area contributed by atoms with Crippen LogP contribution in [-0.4, -0.2) is 20.8 Å².